The summed E-state index contributed by atoms with van der Waals surface area (Å²) in [6.45, 7) is 0. The van der Waals surface area contributed by atoms with Gasteiger partial charge in [0.05, 0.1) is 6.33 Å². The second kappa shape index (κ2) is 3.72. The van der Waals surface area contributed by atoms with Crippen molar-refractivity contribution in [3.63, 3.8) is 0 Å². The molecule has 0 bridgehead atoms. The lowest BCUT2D eigenvalue weighted by Gasteiger charge is -1.99. The fourth-order valence-electron chi connectivity index (χ4n) is 0.178. The highest BCUT2D eigenvalue weighted by molar-refractivity contribution is 7.64. The third kappa shape index (κ3) is 6.76. The van der Waals surface area contributed by atoms with Gasteiger partial charge in [-0.3, -0.25) is 0 Å². The van der Waals surface area contributed by atoms with Gasteiger partial charge in [-0.15, -0.1) is 33.2 Å². The molecule has 48 valence electrons. The molecule has 0 aromatic carbocycles. The third-order valence-electron chi connectivity index (χ3n) is 0.438. The topological polar surface area (TPSA) is 0 Å². The molecule has 0 aromatic heterocycles. The van der Waals surface area contributed by atoms with Crippen LogP contribution in [0.5, 0.6) is 0 Å². The molecule has 0 rings (SSSR count). The summed E-state index contributed by atoms with van der Waals surface area (Å²) in [4.78, 5) is 0. The lowest BCUT2D eigenvalue weighted by Crippen LogP contribution is -2.05. The average Bonchev–Trinajstić information content (AvgIpc) is 1.59. The summed E-state index contributed by atoms with van der Waals surface area (Å²) in [7, 11) is 0. The van der Waals surface area contributed by atoms with Crippen LogP contribution in [0.2, 0.25) is 6.04 Å². The van der Waals surface area contributed by atoms with Crippen molar-refractivity contribution in [2.75, 3.05) is 0 Å². The van der Waals surface area contributed by atoms with E-state index in [1.807, 2.05) is 0 Å². The highest BCUT2D eigenvalue weighted by atomic mass is 35.8. The molecule has 0 unspecified atom stereocenters. The second-order valence-corrected chi connectivity index (χ2v) is 10.4. The summed E-state index contributed by atoms with van der Waals surface area (Å²) in [6, 6.07) is -2.34. The SMILES string of the molecule is FC=CC[Si](Cl)(Cl)Cl. The normalized spacial score (nSPS) is 13.0. The summed E-state index contributed by atoms with van der Waals surface area (Å²) in [5.41, 5.74) is 0. The molecule has 0 saturated heterocycles. The molecule has 0 fully saturated rings. The van der Waals surface area contributed by atoms with E-state index < -0.39 is 6.00 Å². The van der Waals surface area contributed by atoms with Crippen molar-refractivity contribution in [1.29, 1.82) is 0 Å². The van der Waals surface area contributed by atoms with E-state index in [0.717, 1.165) is 0 Å². The Kier molecular flexibility index (Phi) is 4.07. The maximum absolute atomic E-state index is 11.2. The summed E-state index contributed by atoms with van der Waals surface area (Å²) >= 11 is 16.1. The first-order valence-electron chi connectivity index (χ1n) is 1.88. The van der Waals surface area contributed by atoms with Crippen molar-refractivity contribution < 1.29 is 4.39 Å². The van der Waals surface area contributed by atoms with Crippen LogP contribution < -0.4 is 0 Å². The minimum atomic E-state index is -2.59. The van der Waals surface area contributed by atoms with Crippen LogP contribution in [-0.2, 0) is 0 Å². The van der Waals surface area contributed by atoms with Gasteiger partial charge in [-0.2, -0.15) is 0 Å². The van der Waals surface area contributed by atoms with Gasteiger partial charge in [-0.25, -0.2) is 4.39 Å². The van der Waals surface area contributed by atoms with Crippen LogP contribution in [0.4, 0.5) is 4.39 Å². The molecule has 0 aliphatic heterocycles. The zero-order valence-corrected chi connectivity index (χ0v) is 7.14. The van der Waals surface area contributed by atoms with Crippen LogP contribution in [0.3, 0.4) is 0 Å². The van der Waals surface area contributed by atoms with E-state index in [1.165, 1.54) is 6.08 Å². The highest BCUT2D eigenvalue weighted by Crippen LogP contribution is 2.24. The van der Waals surface area contributed by atoms with E-state index in [4.69, 9.17) is 33.2 Å². The van der Waals surface area contributed by atoms with Crippen LogP contribution in [0.25, 0.3) is 0 Å². The van der Waals surface area contributed by atoms with Crippen LogP contribution in [0, 0.1) is 0 Å². The maximum Gasteiger partial charge on any atom is 0.345 e. The van der Waals surface area contributed by atoms with Crippen LogP contribution in [0.15, 0.2) is 12.4 Å². The molecule has 0 spiro atoms. The smallest absolute Gasteiger partial charge is 0.216 e. The Morgan fingerprint density at radius 2 is 1.88 bits per heavy atom. The Labute approximate surface area is 62.4 Å². The van der Waals surface area contributed by atoms with Gasteiger partial charge in [0.2, 0.25) is 0 Å². The number of halogens is 4. The molecule has 0 saturated carbocycles. The molecule has 0 N–H and O–H groups in total. The Morgan fingerprint density at radius 3 is 2.00 bits per heavy atom. The molecule has 8 heavy (non-hydrogen) atoms. The van der Waals surface area contributed by atoms with E-state index in [1.54, 1.807) is 0 Å². The largest absolute Gasteiger partial charge is 0.345 e. The first kappa shape index (κ1) is 8.76. The number of hydrogen-bond acceptors (Lipinski definition) is 0. The summed E-state index contributed by atoms with van der Waals surface area (Å²) in [5.74, 6) is 0. The van der Waals surface area contributed by atoms with Gasteiger partial charge in [0, 0.05) is 6.04 Å². The van der Waals surface area contributed by atoms with E-state index >= 15 is 0 Å². The molecule has 0 amide bonds. The molecule has 0 heterocycles. The van der Waals surface area contributed by atoms with Gasteiger partial charge < -0.3 is 0 Å². The summed E-state index contributed by atoms with van der Waals surface area (Å²) < 4.78 is 11.2. The fourth-order valence-corrected chi connectivity index (χ4v) is 1.34. The van der Waals surface area contributed by atoms with Crippen molar-refractivity contribution in [3.8, 4) is 0 Å². The van der Waals surface area contributed by atoms with E-state index in [2.05, 4.69) is 0 Å². The van der Waals surface area contributed by atoms with Gasteiger partial charge in [-0.1, -0.05) is 6.08 Å². The minimum Gasteiger partial charge on any atom is -0.216 e. The zero-order valence-electron chi connectivity index (χ0n) is 3.87. The second-order valence-electron chi connectivity index (χ2n) is 1.18. The number of allylic oxidation sites excluding steroid dienone is 1. The van der Waals surface area contributed by atoms with E-state index in [-0.39, 0.29) is 6.04 Å². The average molecular weight is 194 g/mol. The van der Waals surface area contributed by atoms with Gasteiger partial charge >= 0.3 is 6.00 Å². The van der Waals surface area contributed by atoms with Crippen LogP contribution >= 0.6 is 33.2 Å². The van der Waals surface area contributed by atoms with E-state index in [0.29, 0.717) is 6.33 Å². The van der Waals surface area contributed by atoms with Crippen molar-refractivity contribution >= 4 is 39.2 Å². The van der Waals surface area contributed by atoms with Gasteiger partial charge in [0.1, 0.15) is 0 Å². The lowest BCUT2D eigenvalue weighted by atomic mass is 10.7. The molecule has 0 atom stereocenters. The van der Waals surface area contributed by atoms with Gasteiger partial charge in [0.15, 0.2) is 0 Å². The Balaban J connectivity index is 3.39. The lowest BCUT2D eigenvalue weighted by molar-refractivity contribution is 0.719. The van der Waals surface area contributed by atoms with Crippen molar-refractivity contribution in [3.05, 3.63) is 12.4 Å². The molecule has 0 aliphatic rings. The first-order chi connectivity index (χ1) is 3.56. The Morgan fingerprint density at radius 1 is 1.38 bits per heavy atom. The minimum absolute atomic E-state index is 0.244. The molecule has 0 aromatic rings. The first-order valence-corrected chi connectivity index (χ1v) is 7.12. The molecule has 0 aliphatic carbocycles. The highest BCUT2D eigenvalue weighted by Gasteiger charge is 2.22. The fraction of sp³-hybridized carbons (Fsp3) is 0.333. The predicted molar refractivity (Wildman–Crippen MR) is 38.4 cm³/mol. The molecular weight excluding hydrogens is 189 g/mol. The van der Waals surface area contributed by atoms with Gasteiger partial charge in [0.25, 0.3) is 0 Å². The third-order valence-corrected chi connectivity index (χ3v) is 2.53. The Bertz CT molecular complexity index is 87.0. The molecule has 0 radical (unpaired) electrons. The molecule has 0 nitrogen and oxygen atoms in total. The van der Waals surface area contributed by atoms with Crippen LogP contribution in [-0.4, -0.2) is 6.00 Å². The van der Waals surface area contributed by atoms with Gasteiger partial charge in [-0.05, 0) is 0 Å². The molecular formula is C3H4Cl3FSi. The summed E-state index contributed by atoms with van der Waals surface area (Å²) in [6.07, 6.45) is 1.59. The monoisotopic (exact) mass is 192 g/mol. The number of hydrogen-bond donors (Lipinski definition) is 0. The quantitative estimate of drug-likeness (QED) is 0.467. The summed E-state index contributed by atoms with van der Waals surface area (Å²) in [5, 5.41) is 0. The predicted octanol–water partition coefficient (Wildman–Crippen LogP) is 3.12. The van der Waals surface area contributed by atoms with E-state index in [9.17, 15) is 4.39 Å². The van der Waals surface area contributed by atoms with Crippen molar-refractivity contribution in [1.82, 2.24) is 0 Å². The standard InChI is InChI=1S/C3H4Cl3FSi/c4-8(5,6)3-1-2-7/h1-2H,3H2. The van der Waals surface area contributed by atoms with Crippen molar-refractivity contribution in [2.45, 2.75) is 6.04 Å². The zero-order chi connectivity index (χ0) is 6.62. The maximum atomic E-state index is 11.2. The molecule has 5 heteroatoms. The van der Waals surface area contributed by atoms with Crippen molar-refractivity contribution in [2.24, 2.45) is 0 Å². The van der Waals surface area contributed by atoms with Crippen LogP contribution in [0.1, 0.15) is 0 Å². The number of rotatable bonds is 2. The Hall–Kier alpha value is 0.757.